The fraction of sp³-hybridized carbons (Fsp3) is 0.350. The Kier molecular flexibility index (Phi) is 5.61. The molecule has 1 aliphatic rings. The Morgan fingerprint density at radius 2 is 2.04 bits per heavy atom. The summed E-state index contributed by atoms with van der Waals surface area (Å²) < 4.78 is 0. The van der Waals surface area contributed by atoms with Gasteiger partial charge in [-0.25, -0.2) is 4.98 Å². The van der Waals surface area contributed by atoms with Crippen molar-refractivity contribution in [2.45, 2.75) is 31.7 Å². The Morgan fingerprint density at radius 3 is 2.77 bits per heavy atom. The van der Waals surface area contributed by atoms with Crippen LogP contribution in [0.15, 0.2) is 41.4 Å². The van der Waals surface area contributed by atoms with E-state index in [1.807, 2.05) is 38.1 Å². The average molecular weight is 369 g/mol. The van der Waals surface area contributed by atoms with Gasteiger partial charge in [-0.15, -0.1) is 0 Å². The van der Waals surface area contributed by atoms with E-state index in [9.17, 15) is 9.59 Å². The highest BCUT2D eigenvalue weighted by molar-refractivity contribution is 8.00. The molecule has 136 valence electrons. The molecule has 0 bridgehead atoms. The number of benzene rings is 1. The molecule has 0 radical (unpaired) electrons. The standard InChI is InChI=1S/C20H23N3O2S/c1-13-9-15(3)22-20-19(13)23(18(25)12-26-20)11-17(24)21-10-14(2)16-7-5-4-6-8-16/h4-9,14H,10-12H2,1-3H3,(H,21,24). The molecule has 2 amide bonds. The summed E-state index contributed by atoms with van der Waals surface area (Å²) in [5, 5.41) is 3.78. The number of nitrogens with one attached hydrogen (secondary N) is 1. The molecule has 26 heavy (non-hydrogen) atoms. The van der Waals surface area contributed by atoms with Gasteiger partial charge in [0, 0.05) is 12.2 Å². The summed E-state index contributed by atoms with van der Waals surface area (Å²) in [6.45, 7) is 6.53. The van der Waals surface area contributed by atoms with Gasteiger partial charge in [0.15, 0.2) is 0 Å². The number of rotatable bonds is 5. The van der Waals surface area contributed by atoms with Gasteiger partial charge in [-0.1, -0.05) is 49.0 Å². The van der Waals surface area contributed by atoms with Crippen LogP contribution in [0.25, 0.3) is 0 Å². The summed E-state index contributed by atoms with van der Waals surface area (Å²) in [4.78, 5) is 30.9. The lowest BCUT2D eigenvalue weighted by atomic mass is 10.0. The number of carbonyl (C=O) groups excluding carboxylic acids is 2. The van der Waals surface area contributed by atoms with Crippen LogP contribution in [0.4, 0.5) is 5.69 Å². The highest BCUT2D eigenvalue weighted by Gasteiger charge is 2.29. The van der Waals surface area contributed by atoms with Crippen LogP contribution in [0.3, 0.4) is 0 Å². The maximum Gasteiger partial charge on any atom is 0.240 e. The smallest absolute Gasteiger partial charge is 0.240 e. The Balaban J connectivity index is 1.67. The summed E-state index contributed by atoms with van der Waals surface area (Å²) >= 11 is 1.44. The van der Waals surface area contributed by atoms with Gasteiger partial charge in [0.1, 0.15) is 11.6 Å². The number of pyridine rings is 1. The molecule has 1 atom stereocenters. The van der Waals surface area contributed by atoms with Gasteiger partial charge in [0.05, 0.1) is 11.4 Å². The maximum absolute atomic E-state index is 12.4. The van der Waals surface area contributed by atoms with E-state index in [1.165, 1.54) is 17.3 Å². The number of hydrogen-bond donors (Lipinski definition) is 1. The lowest BCUT2D eigenvalue weighted by molar-refractivity contribution is -0.123. The number of amides is 2. The van der Waals surface area contributed by atoms with Gasteiger partial charge in [0.25, 0.3) is 0 Å². The van der Waals surface area contributed by atoms with Crippen LogP contribution in [-0.2, 0) is 9.59 Å². The Hall–Kier alpha value is -2.34. The van der Waals surface area contributed by atoms with Gasteiger partial charge >= 0.3 is 0 Å². The summed E-state index contributed by atoms with van der Waals surface area (Å²) in [6.07, 6.45) is 0. The number of nitrogens with zero attached hydrogens (tertiary/aromatic N) is 2. The summed E-state index contributed by atoms with van der Waals surface area (Å²) in [5.41, 5.74) is 3.84. The molecule has 2 heterocycles. The molecule has 1 aromatic heterocycles. The zero-order chi connectivity index (χ0) is 18.7. The van der Waals surface area contributed by atoms with E-state index in [-0.39, 0.29) is 24.3 Å². The molecule has 1 aliphatic heterocycles. The van der Waals surface area contributed by atoms with Crippen LogP contribution >= 0.6 is 11.8 Å². The topological polar surface area (TPSA) is 62.3 Å². The minimum Gasteiger partial charge on any atom is -0.354 e. The molecule has 1 aromatic carbocycles. The SMILES string of the molecule is Cc1cc(C)c2c(n1)SCC(=O)N2CC(=O)NCC(C)c1ccccc1. The molecule has 0 aliphatic carbocycles. The fourth-order valence-corrected chi connectivity index (χ4v) is 4.12. The van der Waals surface area contributed by atoms with Gasteiger partial charge in [0.2, 0.25) is 11.8 Å². The molecule has 0 saturated carbocycles. The first kappa shape index (κ1) is 18.5. The first-order valence-electron chi connectivity index (χ1n) is 8.68. The molecule has 0 saturated heterocycles. The Labute approximate surface area is 158 Å². The van der Waals surface area contributed by atoms with E-state index in [2.05, 4.69) is 29.4 Å². The van der Waals surface area contributed by atoms with Crippen LogP contribution in [0.1, 0.15) is 29.7 Å². The van der Waals surface area contributed by atoms with Crippen LogP contribution in [0.5, 0.6) is 0 Å². The third-order valence-electron chi connectivity index (χ3n) is 4.46. The number of fused-ring (bicyclic) bond motifs is 1. The number of hydrogen-bond acceptors (Lipinski definition) is 4. The van der Waals surface area contributed by atoms with Crippen LogP contribution in [-0.4, -0.2) is 35.6 Å². The monoisotopic (exact) mass is 369 g/mol. The van der Waals surface area contributed by atoms with Crippen molar-refractivity contribution in [1.29, 1.82) is 0 Å². The van der Waals surface area contributed by atoms with E-state index in [1.54, 1.807) is 4.90 Å². The molecular formula is C20H23N3O2S. The van der Waals surface area contributed by atoms with Crippen LogP contribution in [0.2, 0.25) is 0 Å². The fourth-order valence-electron chi connectivity index (χ4n) is 3.09. The molecular weight excluding hydrogens is 346 g/mol. The first-order valence-corrected chi connectivity index (χ1v) is 9.67. The first-order chi connectivity index (χ1) is 12.5. The third kappa shape index (κ3) is 4.07. The number of aryl methyl sites for hydroxylation is 2. The molecule has 1 unspecified atom stereocenters. The van der Waals surface area contributed by atoms with Crippen molar-refractivity contribution in [3.05, 3.63) is 53.2 Å². The van der Waals surface area contributed by atoms with Gasteiger partial charge in [-0.3, -0.25) is 14.5 Å². The summed E-state index contributed by atoms with van der Waals surface area (Å²) in [5.74, 6) is 0.323. The molecule has 1 N–H and O–H groups in total. The second-order valence-electron chi connectivity index (χ2n) is 6.62. The van der Waals surface area contributed by atoms with Crippen LogP contribution < -0.4 is 10.2 Å². The lowest BCUT2D eigenvalue weighted by Gasteiger charge is -2.29. The minimum absolute atomic E-state index is 0.0273. The highest BCUT2D eigenvalue weighted by atomic mass is 32.2. The summed E-state index contributed by atoms with van der Waals surface area (Å²) in [7, 11) is 0. The normalized spacial score (nSPS) is 14.7. The third-order valence-corrected chi connectivity index (χ3v) is 5.41. The molecule has 0 fully saturated rings. The lowest BCUT2D eigenvalue weighted by Crippen LogP contribution is -2.44. The Bertz CT molecular complexity index is 823. The number of aromatic nitrogens is 1. The van der Waals surface area contributed by atoms with Gasteiger partial charge in [-0.05, 0) is 37.0 Å². The molecule has 6 heteroatoms. The van der Waals surface area contributed by atoms with Crippen molar-refractivity contribution in [1.82, 2.24) is 10.3 Å². The van der Waals surface area contributed by atoms with Crippen molar-refractivity contribution in [2.75, 3.05) is 23.7 Å². The molecule has 3 rings (SSSR count). The van der Waals surface area contributed by atoms with Crippen molar-refractivity contribution in [3.8, 4) is 0 Å². The molecule has 5 nitrogen and oxygen atoms in total. The van der Waals surface area contributed by atoms with Crippen LogP contribution in [0, 0.1) is 13.8 Å². The largest absolute Gasteiger partial charge is 0.354 e. The van der Waals surface area contributed by atoms with E-state index >= 15 is 0 Å². The summed E-state index contributed by atoms with van der Waals surface area (Å²) in [6, 6.07) is 12.0. The number of thioether (sulfide) groups is 1. The van der Waals surface area contributed by atoms with Crippen molar-refractivity contribution in [3.63, 3.8) is 0 Å². The second kappa shape index (κ2) is 7.91. The number of carbonyl (C=O) groups is 2. The predicted octanol–water partition coefficient (Wildman–Crippen LogP) is 3.06. The van der Waals surface area contributed by atoms with E-state index in [0.29, 0.717) is 12.3 Å². The van der Waals surface area contributed by atoms with Crippen molar-refractivity contribution < 1.29 is 9.59 Å². The minimum atomic E-state index is -0.154. The zero-order valence-electron chi connectivity index (χ0n) is 15.3. The Morgan fingerprint density at radius 1 is 1.31 bits per heavy atom. The molecule has 2 aromatic rings. The van der Waals surface area contributed by atoms with E-state index in [0.717, 1.165) is 22.0 Å². The van der Waals surface area contributed by atoms with Crippen molar-refractivity contribution in [2.24, 2.45) is 0 Å². The second-order valence-corrected chi connectivity index (χ2v) is 7.58. The van der Waals surface area contributed by atoms with Crippen molar-refractivity contribution >= 4 is 29.3 Å². The zero-order valence-corrected chi connectivity index (χ0v) is 16.1. The maximum atomic E-state index is 12.4. The van der Waals surface area contributed by atoms with E-state index < -0.39 is 0 Å². The number of anilines is 1. The van der Waals surface area contributed by atoms with Gasteiger partial charge in [-0.2, -0.15) is 0 Å². The molecule has 0 spiro atoms. The predicted molar refractivity (Wildman–Crippen MR) is 105 cm³/mol. The average Bonchev–Trinajstić information content (AvgIpc) is 2.62. The van der Waals surface area contributed by atoms with E-state index in [4.69, 9.17) is 0 Å². The van der Waals surface area contributed by atoms with Gasteiger partial charge < -0.3 is 5.32 Å². The highest BCUT2D eigenvalue weighted by Crippen LogP contribution is 2.36. The quantitative estimate of drug-likeness (QED) is 0.880.